The summed E-state index contributed by atoms with van der Waals surface area (Å²) in [5.41, 5.74) is 13.2. The van der Waals surface area contributed by atoms with Gasteiger partial charge in [-0.25, -0.2) is 4.98 Å². The molecule has 16 rings (SSSR count). The van der Waals surface area contributed by atoms with Crippen LogP contribution in [0.5, 0.6) is 0 Å². The van der Waals surface area contributed by atoms with E-state index in [0.717, 1.165) is 55.2 Å². The molecule has 0 aliphatic carbocycles. The van der Waals surface area contributed by atoms with Gasteiger partial charge in [0.2, 0.25) is 5.95 Å². The Bertz CT molecular complexity index is 4950. The van der Waals surface area contributed by atoms with Crippen molar-refractivity contribution in [2.75, 3.05) is 0 Å². The van der Waals surface area contributed by atoms with E-state index < -0.39 is 16.1 Å². The van der Waals surface area contributed by atoms with Gasteiger partial charge < -0.3 is 0 Å². The van der Waals surface area contributed by atoms with E-state index in [1.807, 2.05) is 6.07 Å². The van der Waals surface area contributed by atoms with Crippen molar-refractivity contribution in [3.63, 3.8) is 0 Å². The Morgan fingerprint density at radius 3 is 0.839 bits per heavy atom. The first-order valence-electron chi connectivity index (χ1n) is 31.8. The van der Waals surface area contributed by atoms with Crippen LogP contribution in [0.15, 0.2) is 376 Å². The lowest BCUT2D eigenvalue weighted by molar-refractivity contribution is 0.953. The fraction of sp³-hybridized carbons (Fsp3) is 0. The number of nitrogens with zero attached hydrogens (tertiary/aromatic N) is 4. The Kier molecular flexibility index (Phi) is 15.0. The van der Waals surface area contributed by atoms with Crippen LogP contribution in [0, 0.1) is 0 Å². The lowest BCUT2D eigenvalue weighted by Crippen LogP contribution is -2.78. The van der Waals surface area contributed by atoms with Gasteiger partial charge in [0, 0.05) is 21.9 Å². The molecule has 0 radical (unpaired) electrons. The second kappa shape index (κ2) is 24.6. The molecule has 0 spiro atoms. The average Bonchev–Trinajstić information content (AvgIpc) is 1.29. The molecule has 0 atom stereocenters. The maximum atomic E-state index is 5.80. The molecule has 6 heteroatoms. The summed E-state index contributed by atoms with van der Waals surface area (Å²) >= 11 is 0. The molecular formula is C87H62N4Si2. The number of para-hydroxylation sites is 2. The summed E-state index contributed by atoms with van der Waals surface area (Å²) in [6.45, 7) is 0. The maximum absolute atomic E-state index is 5.80. The maximum Gasteiger partial charge on any atom is 0.238 e. The molecule has 16 aromatic rings. The second-order valence-electron chi connectivity index (χ2n) is 23.8. The third-order valence-electron chi connectivity index (χ3n) is 18.5. The summed E-state index contributed by atoms with van der Waals surface area (Å²) in [4.78, 5) is 17.0. The molecule has 0 saturated carbocycles. The van der Waals surface area contributed by atoms with Crippen LogP contribution in [-0.2, 0) is 0 Å². The number of benzene rings is 14. The normalized spacial score (nSPS) is 11.7. The first-order valence-corrected chi connectivity index (χ1v) is 35.8. The van der Waals surface area contributed by atoms with Crippen molar-refractivity contribution < 1.29 is 0 Å². The lowest BCUT2D eigenvalue weighted by atomic mass is 9.99. The van der Waals surface area contributed by atoms with Crippen molar-refractivity contribution in [1.29, 1.82) is 0 Å². The zero-order valence-electron chi connectivity index (χ0n) is 51.1. The van der Waals surface area contributed by atoms with E-state index in [-0.39, 0.29) is 0 Å². The van der Waals surface area contributed by atoms with Gasteiger partial charge in [0.15, 0.2) is 27.8 Å². The average molecular weight is 1220 g/mol. The molecule has 0 fully saturated rings. The fourth-order valence-electron chi connectivity index (χ4n) is 14.3. The Morgan fingerprint density at radius 2 is 0.452 bits per heavy atom. The number of aromatic nitrogens is 4. The van der Waals surface area contributed by atoms with Gasteiger partial charge in [0.25, 0.3) is 0 Å². The summed E-state index contributed by atoms with van der Waals surface area (Å²) in [6.07, 6.45) is 0. The molecule has 14 aromatic carbocycles. The first-order chi connectivity index (χ1) is 46.1. The smallest absolute Gasteiger partial charge is 0.238 e. The zero-order chi connectivity index (χ0) is 62.0. The Hall–Kier alpha value is -11.7. The summed E-state index contributed by atoms with van der Waals surface area (Å²) < 4.78 is 2.23. The minimum Gasteiger partial charge on any atom is -0.278 e. The van der Waals surface area contributed by atoms with Crippen molar-refractivity contribution in [3.8, 4) is 73.2 Å². The topological polar surface area (TPSA) is 43.6 Å². The summed E-state index contributed by atoms with van der Waals surface area (Å²) in [6, 6.07) is 139. The van der Waals surface area contributed by atoms with Crippen LogP contribution in [0.4, 0.5) is 0 Å². The first kappa shape index (κ1) is 56.6. The molecule has 0 aliphatic heterocycles. The van der Waals surface area contributed by atoms with Crippen LogP contribution < -0.4 is 41.5 Å². The van der Waals surface area contributed by atoms with E-state index in [4.69, 9.17) is 15.0 Å². The number of fused-ring (bicyclic) bond motifs is 3. The molecule has 2 heterocycles. The van der Waals surface area contributed by atoms with E-state index >= 15 is 0 Å². The minimum atomic E-state index is -3.49. The highest BCUT2D eigenvalue weighted by molar-refractivity contribution is 7.22. The minimum absolute atomic E-state index is 0.545. The third kappa shape index (κ3) is 10.3. The van der Waals surface area contributed by atoms with Gasteiger partial charge in [0.1, 0.15) is 0 Å². The van der Waals surface area contributed by atoms with E-state index in [2.05, 4.69) is 375 Å². The molecule has 0 amide bonds. The Balaban J connectivity index is 1.04. The number of hydrogen-bond acceptors (Lipinski definition) is 3. The van der Waals surface area contributed by atoms with Crippen molar-refractivity contribution in [1.82, 2.24) is 19.5 Å². The lowest BCUT2D eigenvalue weighted by Gasteiger charge is -2.38. The van der Waals surface area contributed by atoms with Crippen LogP contribution >= 0.6 is 0 Å². The standard InChI is InChI=1S/C87H62N4Si2/c1-8-30-63(31-9-1)66-36-26-38-68(56-66)70-40-28-50-77(58-70)92(73-42-14-4-15-43-73,74-44-16-5-17-45-74)79-60-72(86-88-85(65-34-12-3-13-35-65)89-87(90-86)91-83-54-24-22-52-81(83)82-53-23-25-55-84(82)91)61-80(62-79)93(75-46-18-6-19-47-75,76-48-20-7-21-49-76)78-51-29-41-71(59-78)69-39-27-37-67(57-69)64-32-10-2-11-33-64/h1-62H. The predicted molar refractivity (Wildman–Crippen MR) is 394 cm³/mol. The summed E-state index contributed by atoms with van der Waals surface area (Å²) in [7, 11) is -6.98. The molecule has 0 aliphatic rings. The molecular weight excluding hydrogens is 1160 g/mol. The van der Waals surface area contributed by atoms with Crippen LogP contribution in [0.25, 0.3) is 95.0 Å². The molecule has 0 unspecified atom stereocenters. The van der Waals surface area contributed by atoms with Crippen LogP contribution in [0.2, 0.25) is 0 Å². The Morgan fingerprint density at radius 1 is 0.183 bits per heavy atom. The van der Waals surface area contributed by atoms with Crippen molar-refractivity contribution in [2.45, 2.75) is 0 Å². The highest BCUT2D eigenvalue weighted by Crippen LogP contribution is 2.34. The van der Waals surface area contributed by atoms with Crippen LogP contribution in [0.3, 0.4) is 0 Å². The number of rotatable bonds is 15. The van der Waals surface area contributed by atoms with Crippen molar-refractivity contribution in [2.24, 2.45) is 0 Å². The largest absolute Gasteiger partial charge is 0.278 e. The summed E-state index contributed by atoms with van der Waals surface area (Å²) in [5.74, 6) is 1.71. The van der Waals surface area contributed by atoms with Gasteiger partial charge in [-0.3, -0.25) is 4.57 Å². The monoisotopic (exact) mass is 1220 g/mol. The molecule has 0 bridgehead atoms. The fourth-order valence-corrected chi connectivity index (χ4v) is 24.1. The van der Waals surface area contributed by atoms with E-state index in [1.54, 1.807) is 0 Å². The highest BCUT2D eigenvalue weighted by atomic mass is 28.3. The molecule has 2 aromatic heterocycles. The van der Waals surface area contributed by atoms with E-state index in [1.165, 1.54) is 63.7 Å². The molecule has 4 nitrogen and oxygen atoms in total. The number of hydrogen-bond donors (Lipinski definition) is 0. The van der Waals surface area contributed by atoms with Gasteiger partial charge in [-0.15, -0.1) is 0 Å². The SMILES string of the molecule is c1ccc(-c2cccc(-c3cccc([Si](c4ccccc4)(c4ccccc4)c4cc(-c5nc(-c6ccccc6)nc(-n6c7ccccc7c7ccccc76)n5)cc([Si](c5ccccc5)(c5ccccc5)c5cccc(-c6cccc(-c7ccccc7)c6)c5)c4)c3)c2)cc1. The predicted octanol–water partition coefficient (Wildman–Crippen LogP) is 15.7. The zero-order valence-corrected chi connectivity index (χ0v) is 53.1. The van der Waals surface area contributed by atoms with Gasteiger partial charge >= 0.3 is 0 Å². The van der Waals surface area contributed by atoms with Gasteiger partial charge in [0.05, 0.1) is 11.0 Å². The molecule has 438 valence electrons. The molecule has 0 saturated heterocycles. The van der Waals surface area contributed by atoms with Gasteiger partial charge in [-0.05, 0) is 110 Å². The van der Waals surface area contributed by atoms with Crippen LogP contribution in [0.1, 0.15) is 0 Å². The van der Waals surface area contributed by atoms with Crippen molar-refractivity contribution in [3.05, 3.63) is 376 Å². The highest BCUT2D eigenvalue weighted by Gasteiger charge is 2.46. The van der Waals surface area contributed by atoms with E-state index in [9.17, 15) is 0 Å². The van der Waals surface area contributed by atoms with Crippen LogP contribution in [-0.4, -0.2) is 35.7 Å². The molecule has 0 N–H and O–H groups in total. The van der Waals surface area contributed by atoms with E-state index in [0.29, 0.717) is 17.6 Å². The second-order valence-corrected chi connectivity index (χ2v) is 31.5. The third-order valence-corrected chi connectivity index (χ3v) is 28.0. The molecule has 93 heavy (non-hydrogen) atoms. The van der Waals surface area contributed by atoms with Gasteiger partial charge in [-0.2, -0.15) is 9.97 Å². The van der Waals surface area contributed by atoms with Crippen molar-refractivity contribution >= 4 is 79.4 Å². The van der Waals surface area contributed by atoms with Gasteiger partial charge in [-0.1, -0.05) is 352 Å². The Labute approximate surface area is 544 Å². The summed E-state index contributed by atoms with van der Waals surface area (Å²) in [5, 5.41) is 12.2. The quantitative estimate of drug-likeness (QED) is 0.0759.